The van der Waals surface area contributed by atoms with Crippen LogP contribution in [0.25, 0.3) is 0 Å². The van der Waals surface area contributed by atoms with Crippen molar-refractivity contribution < 1.29 is 14.3 Å². The Kier molecular flexibility index (Phi) is 9.35. The van der Waals surface area contributed by atoms with Crippen LogP contribution in [0.2, 0.25) is 0 Å². The molecule has 3 nitrogen and oxygen atoms in total. The average molecular weight is 292 g/mol. The van der Waals surface area contributed by atoms with Crippen molar-refractivity contribution in [3.63, 3.8) is 0 Å². The molecule has 0 aromatic heterocycles. The van der Waals surface area contributed by atoms with E-state index in [2.05, 4.69) is 0 Å². The van der Waals surface area contributed by atoms with Crippen molar-refractivity contribution >= 4 is 12.3 Å². The number of aryl methyl sites for hydroxylation is 1. The molecule has 0 heterocycles. The van der Waals surface area contributed by atoms with Gasteiger partial charge in [0.15, 0.2) is 0 Å². The zero-order chi connectivity index (χ0) is 16.3. The normalized spacial score (nSPS) is 12.6. The van der Waals surface area contributed by atoms with Gasteiger partial charge in [-0.1, -0.05) is 50.1 Å². The van der Waals surface area contributed by atoms with E-state index in [0.717, 1.165) is 30.3 Å². The third kappa shape index (κ3) is 5.70. The molecule has 1 rings (SSSR count). The fraction of sp³-hybridized carbons (Fsp3) is 0.556. The first kappa shape index (κ1) is 19.4. The maximum absolute atomic E-state index is 12.1. The van der Waals surface area contributed by atoms with Crippen LogP contribution in [0.3, 0.4) is 0 Å². The lowest BCUT2D eigenvalue weighted by molar-refractivity contribution is -0.147. The van der Waals surface area contributed by atoms with E-state index in [0.29, 0.717) is 12.8 Å². The third-order valence-electron chi connectivity index (χ3n) is 3.54. The third-order valence-corrected chi connectivity index (χ3v) is 3.54. The number of hydrogen-bond donors (Lipinski definition) is 0. The highest BCUT2D eigenvalue weighted by atomic mass is 16.5. The predicted octanol–water partition coefficient (Wildman–Crippen LogP) is 4.21. The summed E-state index contributed by atoms with van der Waals surface area (Å²) in [5, 5.41) is 0. The Hall–Kier alpha value is -1.64. The largest absolute Gasteiger partial charge is 0.468 e. The summed E-state index contributed by atoms with van der Waals surface area (Å²) in [6.45, 7) is 7.92. The molecule has 0 saturated heterocycles. The van der Waals surface area contributed by atoms with Crippen LogP contribution < -0.4 is 0 Å². The first-order chi connectivity index (χ1) is 10.0. The molecular weight excluding hydrogens is 264 g/mol. The Labute approximate surface area is 128 Å². The van der Waals surface area contributed by atoms with Crippen molar-refractivity contribution in [3.05, 3.63) is 35.4 Å². The minimum Gasteiger partial charge on any atom is -0.468 e. The maximum Gasteiger partial charge on any atom is 0.315 e. The lowest BCUT2D eigenvalue weighted by Crippen LogP contribution is -2.33. The van der Waals surface area contributed by atoms with E-state index in [4.69, 9.17) is 4.74 Å². The number of carbonyl (C=O) groups is 2. The number of unbranched alkanes of at least 4 members (excludes halogenated alkanes) is 2. The minimum atomic E-state index is -0.635. The molecule has 1 aromatic carbocycles. The van der Waals surface area contributed by atoms with Crippen molar-refractivity contribution in [2.75, 3.05) is 7.11 Å². The number of benzene rings is 1. The molecule has 1 unspecified atom stereocenters. The van der Waals surface area contributed by atoms with Gasteiger partial charge in [-0.3, -0.25) is 4.79 Å². The fourth-order valence-corrected chi connectivity index (χ4v) is 2.28. The highest BCUT2D eigenvalue weighted by Crippen LogP contribution is 2.31. The standard InChI is InChI=1S/C16H22O3.C2H6/c1-13-8-7-9-14(12-13)16(2,15(18)19-3)10-5-4-6-11-17;1-2/h7-9,11-12H,4-6,10H2,1-3H3;1-2H3. The Morgan fingerprint density at radius 3 is 2.48 bits per heavy atom. The summed E-state index contributed by atoms with van der Waals surface area (Å²) in [4.78, 5) is 22.5. The molecule has 0 saturated carbocycles. The topological polar surface area (TPSA) is 43.4 Å². The lowest BCUT2D eigenvalue weighted by atomic mass is 9.77. The number of carbonyl (C=O) groups excluding carboxylic acids is 2. The molecule has 118 valence electrons. The lowest BCUT2D eigenvalue weighted by Gasteiger charge is -2.27. The van der Waals surface area contributed by atoms with Gasteiger partial charge in [0.1, 0.15) is 6.29 Å². The second-order valence-corrected chi connectivity index (χ2v) is 5.11. The molecule has 0 N–H and O–H groups in total. The van der Waals surface area contributed by atoms with Gasteiger partial charge in [0, 0.05) is 6.42 Å². The molecule has 0 aliphatic rings. The number of methoxy groups -OCH3 is 1. The summed E-state index contributed by atoms with van der Waals surface area (Å²) in [6.07, 6.45) is 3.80. The van der Waals surface area contributed by atoms with Gasteiger partial charge in [-0.05, 0) is 32.3 Å². The Morgan fingerprint density at radius 1 is 1.29 bits per heavy atom. The molecule has 0 bridgehead atoms. The van der Waals surface area contributed by atoms with Gasteiger partial charge in [-0.25, -0.2) is 0 Å². The van der Waals surface area contributed by atoms with Gasteiger partial charge in [0.05, 0.1) is 12.5 Å². The first-order valence-corrected chi connectivity index (χ1v) is 7.64. The quantitative estimate of drug-likeness (QED) is 0.429. The SMILES string of the molecule is CC.COC(=O)C(C)(CCCCC=O)c1cccc(C)c1. The van der Waals surface area contributed by atoms with Gasteiger partial charge in [-0.2, -0.15) is 0 Å². The van der Waals surface area contributed by atoms with Gasteiger partial charge in [0.25, 0.3) is 0 Å². The maximum atomic E-state index is 12.1. The Bertz CT molecular complexity index is 440. The summed E-state index contributed by atoms with van der Waals surface area (Å²) in [6, 6.07) is 7.95. The van der Waals surface area contributed by atoms with E-state index in [9.17, 15) is 9.59 Å². The highest BCUT2D eigenvalue weighted by Gasteiger charge is 2.35. The van der Waals surface area contributed by atoms with Crippen molar-refractivity contribution in [1.82, 2.24) is 0 Å². The monoisotopic (exact) mass is 292 g/mol. The second-order valence-electron chi connectivity index (χ2n) is 5.11. The predicted molar refractivity (Wildman–Crippen MR) is 86.4 cm³/mol. The number of esters is 1. The van der Waals surface area contributed by atoms with E-state index < -0.39 is 5.41 Å². The fourth-order valence-electron chi connectivity index (χ4n) is 2.28. The molecule has 0 spiro atoms. The van der Waals surface area contributed by atoms with E-state index in [-0.39, 0.29) is 5.97 Å². The van der Waals surface area contributed by atoms with Crippen LogP contribution in [0.15, 0.2) is 24.3 Å². The first-order valence-electron chi connectivity index (χ1n) is 7.64. The van der Waals surface area contributed by atoms with Crippen molar-refractivity contribution in [2.45, 2.75) is 58.8 Å². The van der Waals surface area contributed by atoms with Crippen molar-refractivity contribution in [1.29, 1.82) is 0 Å². The highest BCUT2D eigenvalue weighted by molar-refractivity contribution is 5.82. The summed E-state index contributed by atoms with van der Waals surface area (Å²) >= 11 is 0. The van der Waals surface area contributed by atoms with E-state index in [1.807, 2.05) is 52.0 Å². The van der Waals surface area contributed by atoms with E-state index >= 15 is 0 Å². The van der Waals surface area contributed by atoms with Crippen LogP contribution in [0, 0.1) is 6.92 Å². The molecule has 0 amide bonds. The van der Waals surface area contributed by atoms with Crippen molar-refractivity contribution in [2.24, 2.45) is 0 Å². The molecule has 21 heavy (non-hydrogen) atoms. The summed E-state index contributed by atoms with van der Waals surface area (Å²) < 4.78 is 4.96. The van der Waals surface area contributed by atoms with E-state index in [1.165, 1.54) is 7.11 Å². The number of aldehydes is 1. The van der Waals surface area contributed by atoms with Crippen molar-refractivity contribution in [3.8, 4) is 0 Å². The van der Waals surface area contributed by atoms with Gasteiger partial charge >= 0.3 is 5.97 Å². The zero-order valence-electron chi connectivity index (χ0n) is 13.9. The van der Waals surface area contributed by atoms with Gasteiger partial charge < -0.3 is 9.53 Å². The number of rotatable bonds is 7. The van der Waals surface area contributed by atoms with Crippen LogP contribution in [0.1, 0.15) is 57.6 Å². The summed E-state index contributed by atoms with van der Waals surface area (Å²) in [5.41, 5.74) is 1.47. The molecular formula is C18H28O3. The molecule has 0 aliphatic heterocycles. The zero-order valence-corrected chi connectivity index (χ0v) is 13.9. The second kappa shape index (κ2) is 10.1. The average Bonchev–Trinajstić information content (AvgIpc) is 2.52. The van der Waals surface area contributed by atoms with Crippen LogP contribution in [0.4, 0.5) is 0 Å². The molecule has 0 radical (unpaired) electrons. The van der Waals surface area contributed by atoms with Crippen LogP contribution >= 0.6 is 0 Å². The summed E-state index contributed by atoms with van der Waals surface area (Å²) in [7, 11) is 1.42. The van der Waals surface area contributed by atoms with Crippen LogP contribution in [-0.2, 0) is 19.7 Å². The molecule has 1 aromatic rings. The van der Waals surface area contributed by atoms with Crippen LogP contribution in [-0.4, -0.2) is 19.4 Å². The Balaban J connectivity index is 0.00000191. The molecule has 0 aliphatic carbocycles. The minimum absolute atomic E-state index is 0.218. The molecule has 3 heteroatoms. The Morgan fingerprint density at radius 2 is 1.95 bits per heavy atom. The summed E-state index contributed by atoms with van der Waals surface area (Å²) in [5.74, 6) is -0.218. The van der Waals surface area contributed by atoms with E-state index in [1.54, 1.807) is 0 Å². The van der Waals surface area contributed by atoms with Crippen LogP contribution in [0.5, 0.6) is 0 Å². The number of hydrogen-bond acceptors (Lipinski definition) is 3. The smallest absolute Gasteiger partial charge is 0.315 e. The van der Waals surface area contributed by atoms with Gasteiger partial charge in [-0.15, -0.1) is 0 Å². The molecule has 0 fully saturated rings. The number of ether oxygens (including phenoxy) is 1. The van der Waals surface area contributed by atoms with Gasteiger partial charge in [0.2, 0.25) is 0 Å². The molecule has 1 atom stereocenters.